The van der Waals surface area contributed by atoms with Crippen molar-refractivity contribution >= 4 is 5.82 Å². The molecule has 1 saturated heterocycles. The van der Waals surface area contributed by atoms with Gasteiger partial charge in [0.15, 0.2) is 5.82 Å². The predicted molar refractivity (Wildman–Crippen MR) is 83.7 cm³/mol. The number of aromatic nitrogens is 2. The number of nitrogens with zero attached hydrogens (tertiary/aromatic N) is 4. The number of rotatable bonds is 3. The van der Waals surface area contributed by atoms with Gasteiger partial charge in [-0.3, -0.25) is 0 Å². The molecule has 0 saturated carbocycles. The molecule has 0 radical (unpaired) electrons. The number of anilines is 1. The zero-order valence-electron chi connectivity index (χ0n) is 12.5. The summed E-state index contributed by atoms with van der Waals surface area (Å²) in [6.07, 6.45) is 0. The summed E-state index contributed by atoms with van der Waals surface area (Å²) in [6, 6.07) is 11.9. The molecule has 1 aliphatic rings. The van der Waals surface area contributed by atoms with Crippen molar-refractivity contribution in [3.63, 3.8) is 0 Å². The van der Waals surface area contributed by atoms with Crippen LogP contribution in [0, 0.1) is 0 Å². The maximum Gasteiger partial charge on any atom is 0.151 e. The first kappa shape index (κ1) is 13.8. The Morgan fingerprint density at radius 1 is 0.952 bits per heavy atom. The van der Waals surface area contributed by atoms with Crippen molar-refractivity contribution in [1.82, 2.24) is 15.1 Å². The van der Waals surface area contributed by atoms with Crippen LogP contribution in [0.2, 0.25) is 0 Å². The Balaban J connectivity index is 1.81. The third-order valence-corrected chi connectivity index (χ3v) is 3.86. The topological polar surface area (TPSA) is 41.5 Å². The Kier molecular flexibility index (Phi) is 4.01. The van der Waals surface area contributed by atoms with Crippen LogP contribution in [0.15, 0.2) is 36.4 Å². The maximum atomic E-state index is 5.37. The highest BCUT2D eigenvalue weighted by Gasteiger charge is 2.16. The van der Waals surface area contributed by atoms with E-state index in [4.69, 9.17) is 4.74 Å². The summed E-state index contributed by atoms with van der Waals surface area (Å²) in [5.41, 5.74) is 1.81. The highest BCUT2D eigenvalue weighted by Crippen LogP contribution is 2.28. The van der Waals surface area contributed by atoms with Crippen molar-refractivity contribution in [1.29, 1.82) is 0 Å². The number of para-hydroxylation sites is 1. The third kappa shape index (κ3) is 2.97. The van der Waals surface area contributed by atoms with Gasteiger partial charge in [0.1, 0.15) is 5.75 Å². The minimum atomic E-state index is 0.819. The summed E-state index contributed by atoms with van der Waals surface area (Å²) in [5.74, 6) is 1.76. The Hall–Kier alpha value is -2.14. The number of hydrogen-bond donors (Lipinski definition) is 0. The van der Waals surface area contributed by atoms with Gasteiger partial charge in [-0.2, -0.15) is 0 Å². The Morgan fingerprint density at radius 2 is 1.71 bits per heavy atom. The zero-order chi connectivity index (χ0) is 14.7. The van der Waals surface area contributed by atoms with Gasteiger partial charge in [-0.05, 0) is 31.3 Å². The van der Waals surface area contributed by atoms with E-state index in [-0.39, 0.29) is 0 Å². The fraction of sp³-hybridized carbons (Fsp3) is 0.375. The highest BCUT2D eigenvalue weighted by atomic mass is 16.5. The fourth-order valence-electron chi connectivity index (χ4n) is 2.53. The largest absolute Gasteiger partial charge is 0.496 e. The maximum absolute atomic E-state index is 5.37. The highest BCUT2D eigenvalue weighted by molar-refractivity contribution is 5.67. The molecule has 1 aromatic heterocycles. The smallest absolute Gasteiger partial charge is 0.151 e. The first-order chi connectivity index (χ1) is 10.3. The zero-order valence-corrected chi connectivity index (χ0v) is 12.5. The van der Waals surface area contributed by atoms with Gasteiger partial charge in [-0.15, -0.1) is 10.2 Å². The predicted octanol–water partition coefficient (Wildman–Crippen LogP) is 1.90. The number of likely N-dealkylation sites (N-methyl/N-ethyl adjacent to an activating group) is 1. The molecule has 2 heterocycles. The molecule has 5 heteroatoms. The van der Waals surface area contributed by atoms with E-state index in [1.807, 2.05) is 36.4 Å². The number of methoxy groups -OCH3 is 1. The van der Waals surface area contributed by atoms with E-state index >= 15 is 0 Å². The van der Waals surface area contributed by atoms with Crippen LogP contribution in [0.25, 0.3) is 11.3 Å². The molecule has 3 rings (SSSR count). The first-order valence-electron chi connectivity index (χ1n) is 7.18. The van der Waals surface area contributed by atoms with Crippen LogP contribution in [-0.4, -0.2) is 55.4 Å². The number of hydrogen-bond acceptors (Lipinski definition) is 5. The lowest BCUT2D eigenvalue weighted by atomic mass is 10.1. The van der Waals surface area contributed by atoms with Crippen molar-refractivity contribution in [3.8, 4) is 17.0 Å². The molecule has 0 atom stereocenters. The molecule has 0 N–H and O–H groups in total. The molecule has 2 aromatic rings. The summed E-state index contributed by atoms with van der Waals surface area (Å²) in [4.78, 5) is 4.60. The molecule has 0 spiro atoms. The molecule has 0 amide bonds. The van der Waals surface area contributed by atoms with Crippen LogP contribution in [0.4, 0.5) is 5.82 Å². The third-order valence-electron chi connectivity index (χ3n) is 3.86. The summed E-state index contributed by atoms with van der Waals surface area (Å²) >= 11 is 0. The summed E-state index contributed by atoms with van der Waals surface area (Å²) in [5, 5.41) is 8.75. The fourth-order valence-corrected chi connectivity index (χ4v) is 2.53. The molecule has 5 nitrogen and oxygen atoms in total. The van der Waals surface area contributed by atoms with Crippen LogP contribution < -0.4 is 9.64 Å². The van der Waals surface area contributed by atoms with Crippen LogP contribution >= 0.6 is 0 Å². The molecular weight excluding hydrogens is 264 g/mol. The van der Waals surface area contributed by atoms with Gasteiger partial charge < -0.3 is 14.5 Å². The van der Waals surface area contributed by atoms with Crippen molar-refractivity contribution in [3.05, 3.63) is 36.4 Å². The molecule has 0 aliphatic carbocycles. The molecule has 1 aromatic carbocycles. The van der Waals surface area contributed by atoms with Gasteiger partial charge >= 0.3 is 0 Å². The monoisotopic (exact) mass is 284 g/mol. The van der Waals surface area contributed by atoms with Gasteiger partial charge in [-0.1, -0.05) is 12.1 Å². The van der Waals surface area contributed by atoms with E-state index in [0.717, 1.165) is 49.0 Å². The quantitative estimate of drug-likeness (QED) is 0.861. The summed E-state index contributed by atoms with van der Waals surface area (Å²) < 4.78 is 5.37. The minimum absolute atomic E-state index is 0.819. The Bertz CT molecular complexity index is 591. The lowest BCUT2D eigenvalue weighted by molar-refractivity contribution is 0.312. The number of benzene rings is 1. The van der Waals surface area contributed by atoms with E-state index in [1.54, 1.807) is 7.11 Å². The minimum Gasteiger partial charge on any atom is -0.496 e. The van der Waals surface area contributed by atoms with E-state index < -0.39 is 0 Å². The molecule has 21 heavy (non-hydrogen) atoms. The summed E-state index contributed by atoms with van der Waals surface area (Å²) in [6.45, 7) is 4.13. The van der Waals surface area contributed by atoms with E-state index in [1.165, 1.54) is 0 Å². The van der Waals surface area contributed by atoms with E-state index in [0.29, 0.717) is 0 Å². The molecule has 110 valence electrons. The lowest BCUT2D eigenvalue weighted by Gasteiger charge is -2.32. The molecule has 1 aliphatic heterocycles. The SMILES string of the molecule is COc1ccccc1-c1ccc(N2CCN(C)CC2)nn1. The molecule has 0 unspecified atom stereocenters. The van der Waals surface area contributed by atoms with Crippen molar-refractivity contribution in [2.24, 2.45) is 0 Å². The van der Waals surface area contributed by atoms with Gasteiger partial charge in [0.25, 0.3) is 0 Å². The van der Waals surface area contributed by atoms with Crippen LogP contribution in [0.5, 0.6) is 5.75 Å². The first-order valence-corrected chi connectivity index (χ1v) is 7.18. The van der Waals surface area contributed by atoms with Gasteiger partial charge in [-0.25, -0.2) is 0 Å². The number of piperazine rings is 1. The average molecular weight is 284 g/mol. The Labute approximate surface area is 125 Å². The van der Waals surface area contributed by atoms with Gasteiger partial charge in [0.2, 0.25) is 0 Å². The molecule has 1 fully saturated rings. The standard InChI is InChI=1S/C16H20N4O/c1-19-9-11-20(12-10-19)16-8-7-14(17-18-16)13-5-3-4-6-15(13)21-2/h3-8H,9-12H2,1-2H3. The van der Waals surface area contributed by atoms with Crippen LogP contribution in [0.1, 0.15) is 0 Å². The van der Waals surface area contributed by atoms with Gasteiger partial charge in [0, 0.05) is 31.7 Å². The van der Waals surface area contributed by atoms with Crippen molar-refractivity contribution in [2.45, 2.75) is 0 Å². The van der Waals surface area contributed by atoms with Crippen molar-refractivity contribution < 1.29 is 4.74 Å². The van der Waals surface area contributed by atoms with Crippen LogP contribution in [0.3, 0.4) is 0 Å². The second kappa shape index (κ2) is 6.10. The van der Waals surface area contributed by atoms with Gasteiger partial charge in [0.05, 0.1) is 12.8 Å². The van der Waals surface area contributed by atoms with E-state index in [9.17, 15) is 0 Å². The normalized spacial score (nSPS) is 16.0. The lowest BCUT2D eigenvalue weighted by Crippen LogP contribution is -2.44. The van der Waals surface area contributed by atoms with Crippen molar-refractivity contribution in [2.75, 3.05) is 45.2 Å². The second-order valence-electron chi connectivity index (χ2n) is 5.27. The van der Waals surface area contributed by atoms with E-state index in [2.05, 4.69) is 27.0 Å². The van der Waals surface area contributed by atoms with Crippen LogP contribution in [-0.2, 0) is 0 Å². The second-order valence-corrected chi connectivity index (χ2v) is 5.27. The number of ether oxygens (including phenoxy) is 1. The molecular formula is C16H20N4O. The average Bonchev–Trinajstić information content (AvgIpc) is 2.56. The summed E-state index contributed by atoms with van der Waals surface area (Å²) in [7, 11) is 3.82. The molecule has 0 bridgehead atoms. The Morgan fingerprint density at radius 3 is 2.38 bits per heavy atom.